The van der Waals surface area contributed by atoms with Crippen LogP contribution < -0.4 is 10.2 Å². The second kappa shape index (κ2) is 5.74. The molecule has 0 fully saturated rings. The molecule has 0 aliphatic carbocycles. The van der Waals surface area contributed by atoms with Crippen LogP contribution >= 0.6 is 15.9 Å². The van der Waals surface area contributed by atoms with Crippen LogP contribution in [0.4, 0.5) is 0 Å². The van der Waals surface area contributed by atoms with Gasteiger partial charge in [0, 0.05) is 28.7 Å². The Kier molecular flexibility index (Phi) is 3.80. The second-order valence-electron chi connectivity index (χ2n) is 4.78. The number of fused-ring (bicyclic) bond motifs is 1. The lowest BCUT2D eigenvalue weighted by Crippen LogP contribution is -2.09. The molecule has 0 saturated carbocycles. The van der Waals surface area contributed by atoms with Crippen molar-refractivity contribution in [1.29, 1.82) is 0 Å². The van der Waals surface area contributed by atoms with Gasteiger partial charge in [0.1, 0.15) is 5.75 Å². The molecule has 0 unspecified atom stereocenters. The van der Waals surface area contributed by atoms with Gasteiger partial charge >= 0.3 is 0 Å². The molecular formula is C17H14BrNO2. The van der Waals surface area contributed by atoms with Gasteiger partial charge in [-0.3, -0.25) is 4.79 Å². The molecule has 4 heteroatoms. The van der Waals surface area contributed by atoms with Gasteiger partial charge in [-0.1, -0.05) is 28.1 Å². The average Bonchev–Trinajstić information content (AvgIpc) is 2.52. The Morgan fingerprint density at radius 3 is 2.76 bits per heavy atom. The lowest BCUT2D eigenvalue weighted by atomic mass is 10.1. The normalized spacial score (nSPS) is 10.8. The Bertz CT molecular complexity index is 855. The van der Waals surface area contributed by atoms with Gasteiger partial charge in [0.15, 0.2) is 5.43 Å². The van der Waals surface area contributed by atoms with Gasteiger partial charge in [-0.25, -0.2) is 0 Å². The van der Waals surface area contributed by atoms with Crippen molar-refractivity contribution in [1.82, 2.24) is 4.57 Å². The molecule has 0 amide bonds. The van der Waals surface area contributed by atoms with Crippen LogP contribution in [-0.4, -0.2) is 11.7 Å². The molecule has 3 aromatic rings. The fourth-order valence-electron chi connectivity index (χ4n) is 2.38. The fourth-order valence-corrected chi connectivity index (χ4v) is 2.75. The number of benzene rings is 2. The lowest BCUT2D eigenvalue weighted by molar-refractivity contribution is 0.414. The highest BCUT2D eigenvalue weighted by Crippen LogP contribution is 2.24. The predicted octanol–water partition coefficient (Wildman–Crippen LogP) is 3.82. The largest absolute Gasteiger partial charge is 0.497 e. The number of hydrogen-bond acceptors (Lipinski definition) is 2. The van der Waals surface area contributed by atoms with Crippen molar-refractivity contribution in [2.75, 3.05) is 7.11 Å². The molecule has 3 rings (SSSR count). The molecule has 1 heterocycles. The van der Waals surface area contributed by atoms with Crippen LogP contribution in [-0.2, 0) is 6.54 Å². The molecule has 106 valence electrons. The summed E-state index contributed by atoms with van der Waals surface area (Å²) in [5.74, 6) is 0.818. The lowest BCUT2D eigenvalue weighted by Gasteiger charge is -2.13. The van der Waals surface area contributed by atoms with Crippen molar-refractivity contribution in [2.45, 2.75) is 6.54 Å². The van der Waals surface area contributed by atoms with Gasteiger partial charge in [-0.05, 0) is 35.9 Å². The fraction of sp³-hybridized carbons (Fsp3) is 0.118. The molecule has 2 aromatic carbocycles. The van der Waals surface area contributed by atoms with Gasteiger partial charge in [0.2, 0.25) is 0 Å². The quantitative estimate of drug-likeness (QED) is 0.723. The van der Waals surface area contributed by atoms with E-state index in [9.17, 15) is 4.79 Å². The molecule has 0 spiro atoms. The standard InChI is InChI=1S/C17H14BrNO2/c1-21-13-6-7-15(18)12(10-13)11-19-9-8-17(20)14-4-2-3-5-16(14)19/h2-10H,11H2,1H3. The molecular weight excluding hydrogens is 330 g/mol. The molecule has 0 N–H and O–H groups in total. The molecule has 1 aromatic heterocycles. The summed E-state index contributed by atoms with van der Waals surface area (Å²) in [7, 11) is 1.65. The van der Waals surface area contributed by atoms with Gasteiger partial charge < -0.3 is 9.30 Å². The summed E-state index contributed by atoms with van der Waals surface area (Å²) in [6.45, 7) is 0.665. The van der Waals surface area contributed by atoms with E-state index in [2.05, 4.69) is 20.5 Å². The minimum Gasteiger partial charge on any atom is -0.497 e. The van der Waals surface area contributed by atoms with Crippen molar-refractivity contribution in [3.63, 3.8) is 0 Å². The number of hydrogen-bond donors (Lipinski definition) is 0. The van der Waals surface area contributed by atoms with E-state index in [0.29, 0.717) is 6.54 Å². The first-order valence-corrected chi connectivity index (χ1v) is 7.39. The summed E-state index contributed by atoms with van der Waals surface area (Å²) in [5, 5.41) is 0.735. The third-order valence-corrected chi connectivity index (χ3v) is 4.25. The molecule has 0 bridgehead atoms. The SMILES string of the molecule is COc1ccc(Br)c(Cn2ccc(=O)c3ccccc32)c1. The van der Waals surface area contributed by atoms with Crippen LogP contribution in [0.3, 0.4) is 0 Å². The van der Waals surface area contributed by atoms with Crippen LogP contribution in [0.5, 0.6) is 5.75 Å². The van der Waals surface area contributed by atoms with Crippen molar-refractivity contribution in [3.8, 4) is 5.75 Å². The molecule has 0 saturated heterocycles. The summed E-state index contributed by atoms with van der Waals surface area (Å²) >= 11 is 3.57. The number of methoxy groups -OCH3 is 1. The van der Waals surface area contributed by atoms with Crippen molar-refractivity contribution in [2.24, 2.45) is 0 Å². The number of pyridine rings is 1. The van der Waals surface area contributed by atoms with Gasteiger partial charge in [0.05, 0.1) is 12.6 Å². The highest BCUT2D eigenvalue weighted by molar-refractivity contribution is 9.10. The second-order valence-corrected chi connectivity index (χ2v) is 5.64. The van der Waals surface area contributed by atoms with Crippen LogP contribution in [0.2, 0.25) is 0 Å². The minimum absolute atomic E-state index is 0.0477. The Hall–Kier alpha value is -2.07. The Morgan fingerprint density at radius 1 is 1.14 bits per heavy atom. The average molecular weight is 344 g/mol. The van der Waals surface area contributed by atoms with Gasteiger partial charge in [0.25, 0.3) is 0 Å². The summed E-state index contributed by atoms with van der Waals surface area (Å²) < 4.78 is 8.36. The molecule has 0 aliphatic heterocycles. The Balaban J connectivity index is 2.11. The molecule has 0 radical (unpaired) electrons. The van der Waals surface area contributed by atoms with Crippen molar-refractivity contribution in [3.05, 3.63) is 75.0 Å². The maximum absolute atomic E-state index is 11.9. The summed E-state index contributed by atoms with van der Waals surface area (Å²) in [6.07, 6.45) is 1.83. The zero-order valence-electron chi connectivity index (χ0n) is 11.5. The smallest absolute Gasteiger partial charge is 0.189 e. The summed E-state index contributed by atoms with van der Waals surface area (Å²) in [4.78, 5) is 11.9. The van der Waals surface area contributed by atoms with Crippen molar-refractivity contribution < 1.29 is 4.74 Å². The van der Waals surface area contributed by atoms with E-state index in [1.54, 1.807) is 13.2 Å². The number of rotatable bonds is 3. The first-order chi connectivity index (χ1) is 10.2. The number of aromatic nitrogens is 1. The first kappa shape index (κ1) is 13.9. The maximum atomic E-state index is 11.9. The van der Waals surface area contributed by atoms with E-state index in [0.717, 1.165) is 26.7 Å². The monoisotopic (exact) mass is 343 g/mol. The predicted molar refractivity (Wildman–Crippen MR) is 88.0 cm³/mol. The topological polar surface area (TPSA) is 31.2 Å². The van der Waals surface area contributed by atoms with Gasteiger partial charge in [-0.15, -0.1) is 0 Å². The number of para-hydroxylation sites is 1. The molecule has 0 aliphatic rings. The first-order valence-electron chi connectivity index (χ1n) is 6.59. The van der Waals surface area contributed by atoms with E-state index in [-0.39, 0.29) is 5.43 Å². The number of ether oxygens (including phenoxy) is 1. The Morgan fingerprint density at radius 2 is 1.95 bits per heavy atom. The van der Waals surface area contributed by atoms with Crippen molar-refractivity contribution >= 4 is 26.8 Å². The summed E-state index contributed by atoms with van der Waals surface area (Å²) in [6, 6.07) is 15.1. The zero-order chi connectivity index (χ0) is 14.8. The van der Waals surface area contributed by atoms with E-state index in [1.165, 1.54) is 0 Å². The Labute approximate surface area is 130 Å². The van der Waals surface area contributed by atoms with E-state index < -0.39 is 0 Å². The van der Waals surface area contributed by atoms with Crippen LogP contribution in [0.1, 0.15) is 5.56 Å². The highest BCUT2D eigenvalue weighted by Gasteiger charge is 2.06. The molecule has 3 nitrogen and oxygen atoms in total. The minimum atomic E-state index is 0.0477. The van der Waals surface area contributed by atoms with E-state index in [1.807, 2.05) is 48.7 Å². The molecule has 21 heavy (non-hydrogen) atoms. The van der Waals surface area contributed by atoms with Crippen LogP contribution in [0.25, 0.3) is 10.9 Å². The summed E-state index contributed by atoms with van der Waals surface area (Å²) in [5.41, 5.74) is 2.08. The third-order valence-electron chi connectivity index (χ3n) is 3.48. The molecule has 0 atom stereocenters. The van der Waals surface area contributed by atoms with Crippen LogP contribution in [0.15, 0.2) is 64.0 Å². The highest BCUT2D eigenvalue weighted by atomic mass is 79.9. The number of halogens is 1. The van der Waals surface area contributed by atoms with E-state index >= 15 is 0 Å². The van der Waals surface area contributed by atoms with Gasteiger partial charge in [-0.2, -0.15) is 0 Å². The number of nitrogens with zero attached hydrogens (tertiary/aromatic N) is 1. The third kappa shape index (κ3) is 2.72. The van der Waals surface area contributed by atoms with E-state index in [4.69, 9.17) is 4.74 Å². The maximum Gasteiger partial charge on any atom is 0.189 e. The zero-order valence-corrected chi connectivity index (χ0v) is 13.1. The van der Waals surface area contributed by atoms with Crippen LogP contribution in [0, 0.1) is 0 Å².